The third-order valence-electron chi connectivity index (χ3n) is 3.20. The van der Waals surface area contributed by atoms with Crippen molar-refractivity contribution in [3.63, 3.8) is 0 Å². The second-order valence-corrected chi connectivity index (χ2v) is 5.41. The van der Waals surface area contributed by atoms with E-state index in [9.17, 15) is 8.78 Å². The van der Waals surface area contributed by atoms with Gasteiger partial charge in [0.2, 0.25) is 0 Å². The molecule has 0 spiro atoms. The lowest BCUT2D eigenvalue weighted by molar-refractivity contribution is 0.410. The van der Waals surface area contributed by atoms with Gasteiger partial charge >= 0.3 is 0 Å². The molecular formula is C16H16BrF2NO. The Morgan fingerprint density at radius 1 is 1.14 bits per heavy atom. The summed E-state index contributed by atoms with van der Waals surface area (Å²) in [7, 11) is 1.49. The summed E-state index contributed by atoms with van der Waals surface area (Å²) in [6.07, 6.45) is 0. The van der Waals surface area contributed by atoms with Crippen LogP contribution in [-0.2, 0) is 0 Å². The zero-order valence-corrected chi connectivity index (χ0v) is 13.4. The SMILES string of the molecule is CCNC(c1ccc(Br)c(F)c1)c1ccc(OC)cc1F. The first kappa shape index (κ1) is 15.9. The van der Waals surface area contributed by atoms with E-state index in [4.69, 9.17) is 4.74 Å². The predicted molar refractivity (Wildman–Crippen MR) is 82.6 cm³/mol. The molecule has 0 amide bonds. The highest BCUT2D eigenvalue weighted by Crippen LogP contribution is 2.29. The van der Waals surface area contributed by atoms with E-state index in [1.165, 1.54) is 19.2 Å². The van der Waals surface area contributed by atoms with Crippen LogP contribution in [0.5, 0.6) is 5.75 Å². The Morgan fingerprint density at radius 3 is 2.48 bits per heavy atom. The Bertz CT molecular complexity index is 634. The Labute approximate surface area is 131 Å². The predicted octanol–water partition coefficient (Wildman–Crippen LogP) is 4.43. The second kappa shape index (κ2) is 7.00. The van der Waals surface area contributed by atoms with E-state index < -0.39 is 6.04 Å². The van der Waals surface area contributed by atoms with Crippen LogP contribution in [0, 0.1) is 11.6 Å². The minimum absolute atomic E-state index is 0.371. The quantitative estimate of drug-likeness (QED) is 0.856. The molecule has 0 aliphatic rings. The first-order chi connectivity index (χ1) is 10.1. The number of nitrogens with one attached hydrogen (secondary N) is 1. The molecular weight excluding hydrogens is 340 g/mol. The lowest BCUT2D eigenvalue weighted by Gasteiger charge is -2.20. The molecule has 2 rings (SSSR count). The third-order valence-corrected chi connectivity index (χ3v) is 3.85. The molecule has 0 radical (unpaired) electrons. The average Bonchev–Trinajstić information content (AvgIpc) is 2.48. The smallest absolute Gasteiger partial charge is 0.137 e. The zero-order valence-electron chi connectivity index (χ0n) is 11.8. The first-order valence-corrected chi connectivity index (χ1v) is 7.38. The van der Waals surface area contributed by atoms with Crippen LogP contribution in [0.2, 0.25) is 0 Å². The van der Waals surface area contributed by atoms with Gasteiger partial charge in [0.15, 0.2) is 0 Å². The molecule has 0 aliphatic carbocycles. The summed E-state index contributed by atoms with van der Waals surface area (Å²) in [6, 6.07) is 9.05. The summed E-state index contributed by atoms with van der Waals surface area (Å²) in [6.45, 7) is 2.55. The van der Waals surface area contributed by atoms with Crippen molar-refractivity contribution in [2.75, 3.05) is 13.7 Å². The Balaban J connectivity index is 2.45. The number of methoxy groups -OCH3 is 1. The number of hydrogen-bond donors (Lipinski definition) is 1. The van der Waals surface area contributed by atoms with Gasteiger partial charge in [0.05, 0.1) is 17.6 Å². The van der Waals surface area contributed by atoms with Crippen molar-refractivity contribution < 1.29 is 13.5 Å². The monoisotopic (exact) mass is 355 g/mol. The van der Waals surface area contributed by atoms with E-state index in [-0.39, 0.29) is 11.6 Å². The largest absolute Gasteiger partial charge is 0.497 e. The van der Waals surface area contributed by atoms with Crippen molar-refractivity contribution in [3.8, 4) is 5.75 Å². The summed E-state index contributed by atoms with van der Waals surface area (Å²) < 4.78 is 33.4. The van der Waals surface area contributed by atoms with Gasteiger partial charge < -0.3 is 10.1 Å². The maximum atomic E-state index is 14.3. The van der Waals surface area contributed by atoms with E-state index >= 15 is 0 Å². The normalized spacial score (nSPS) is 12.2. The molecule has 0 aliphatic heterocycles. The second-order valence-electron chi connectivity index (χ2n) is 4.55. The average molecular weight is 356 g/mol. The van der Waals surface area contributed by atoms with Gasteiger partial charge in [-0.25, -0.2) is 8.78 Å². The van der Waals surface area contributed by atoms with Crippen LogP contribution < -0.4 is 10.1 Å². The highest BCUT2D eigenvalue weighted by molar-refractivity contribution is 9.10. The van der Waals surface area contributed by atoms with Gasteiger partial charge in [0.25, 0.3) is 0 Å². The standard InChI is InChI=1S/C16H16BrF2NO/c1-3-20-16(10-4-7-13(17)15(19)8-10)12-6-5-11(21-2)9-14(12)18/h4-9,16,20H,3H2,1-2H3. The van der Waals surface area contributed by atoms with Crippen molar-refractivity contribution in [1.82, 2.24) is 5.32 Å². The molecule has 0 heterocycles. The molecule has 2 aromatic rings. The maximum Gasteiger partial charge on any atom is 0.137 e. The van der Waals surface area contributed by atoms with Crippen molar-refractivity contribution in [2.24, 2.45) is 0 Å². The Kier molecular flexibility index (Phi) is 5.31. The van der Waals surface area contributed by atoms with E-state index in [2.05, 4.69) is 21.2 Å². The summed E-state index contributed by atoms with van der Waals surface area (Å²) in [5.41, 5.74) is 1.13. The molecule has 1 unspecified atom stereocenters. The fourth-order valence-electron chi connectivity index (χ4n) is 2.17. The van der Waals surface area contributed by atoms with Gasteiger partial charge in [0, 0.05) is 11.6 Å². The maximum absolute atomic E-state index is 14.3. The van der Waals surface area contributed by atoms with Gasteiger partial charge in [0.1, 0.15) is 17.4 Å². The van der Waals surface area contributed by atoms with Gasteiger partial charge in [-0.3, -0.25) is 0 Å². The van der Waals surface area contributed by atoms with Crippen LogP contribution in [0.3, 0.4) is 0 Å². The van der Waals surface area contributed by atoms with Crippen LogP contribution in [0.1, 0.15) is 24.1 Å². The van der Waals surface area contributed by atoms with Gasteiger partial charge in [-0.1, -0.05) is 19.1 Å². The van der Waals surface area contributed by atoms with Crippen molar-refractivity contribution in [2.45, 2.75) is 13.0 Å². The van der Waals surface area contributed by atoms with Crippen LogP contribution in [-0.4, -0.2) is 13.7 Å². The van der Waals surface area contributed by atoms with Gasteiger partial charge in [-0.05, 0) is 46.2 Å². The molecule has 2 nitrogen and oxygen atoms in total. The van der Waals surface area contributed by atoms with E-state index in [0.29, 0.717) is 27.9 Å². The Hall–Kier alpha value is -1.46. The van der Waals surface area contributed by atoms with Crippen LogP contribution in [0.25, 0.3) is 0 Å². The molecule has 0 saturated heterocycles. The molecule has 0 aromatic heterocycles. The van der Waals surface area contributed by atoms with Crippen molar-refractivity contribution >= 4 is 15.9 Å². The number of halogens is 3. The zero-order chi connectivity index (χ0) is 15.4. The molecule has 0 fully saturated rings. The third kappa shape index (κ3) is 3.60. The van der Waals surface area contributed by atoms with E-state index in [1.54, 1.807) is 24.3 Å². The summed E-state index contributed by atoms with van der Waals surface area (Å²) in [5.74, 6) is -0.304. The fraction of sp³-hybridized carbons (Fsp3) is 0.250. The molecule has 5 heteroatoms. The van der Waals surface area contributed by atoms with Crippen LogP contribution in [0.4, 0.5) is 8.78 Å². The molecule has 21 heavy (non-hydrogen) atoms. The molecule has 112 valence electrons. The minimum Gasteiger partial charge on any atom is -0.497 e. The molecule has 2 aromatic carbocycles. The van der Waals surface area contributed by atoms with Crippen molar-refractivity contribution in [3.05, 3.63) is 63.6 Å². The Morgan fingerprint density at radius 2 is 1.90 bits per heavy atom. The summed E-state index contributed by atoms with van der Waals surface area (Å²) in [5, 5.41) is 3.18. The van der Waals surface area contributed by atoms with Gasteiger partial charge in [-0.2, -0.15) is 0 Å². The number of benzene rings is 2. The fourth-order valence-corrected chi connectivity index (χ4v) is 2.42. The van der Waals surface area contributed by atoms with Crippen LogP contribution in [0.15, 0.2) is 40.9 Å². The minimum atomic E-state index is -0.413. The number of hydrogen-bond acceptors (Lipinski definition) is 2. The van der Waals surface area contributed by atoms with E-state index in [1.807, 2.05) is 6.92 Å². The lowest BCUT2D eigenvalue weighted by atomic mass is 9.98. The van der Waals surface area contributed by atoms with Gasteiger partial charge in [-0.15, -0.1) is 0 Å². The summed E-state index contributed by atoms with van der Waals surface area (Å²) >= 11 is 3.12. The van der Waals surface area contributed by atoms with Crippen LogP contribution >= 0.6 is 15.9 Å². The summed E-state index contributed by atoms with van der Waals surface area (Å²) in [4.78, 5) is 0. The van der Waals surface area contributed by atoms with Crippen molar-refractivity contribution in [1.29, 1.82) is 0 Å². The highest BCUT2D eigenvalue weighted by Gasteiger charge is 2.18. The number of rotatable bonds is 5. The number of ether oxygens (including phenoxy) is 1. The molecule has 1 atom stereocenters. The molecule has 1 N–H and O–H groups in total. The topological polar surface area (TPSA) is 21.3 Å². The first-order valence-electron chi connectivity index (χ1n) is 6.58. The van der Waals surface area contributed by atoms with E-state index in [0.717, 1.165) is 0 Å². The lowest BCUT2D eigenvalue weighted by Crippen LogP contribution is -2.23. The highest BCUT2D eigenvalue weighted by atomic mass is 79.9. The molecule has 0 bridgehead atoms. The molecule has 0 saturated carbocycles.